The van der Waals surface area contributed by atoms with E-state index in [1.165, 1.54) is 0 Å². The highest BCUT2D eigenvalue weighted by molar-refractivity contribution is 7.77. The summed E-state index contributed by atoms with van der Waals surface area (Å²) < 4.78 is 25.0. The van der Waals surface area contributed by atoms with E-state index in [9.17, 15) is 9.00 Å². The molecule has 6 nitrogen and oxygen atoms in total. The Kier molecular flexibility index (Phi) is 5.60. The molecule has 0 aliphatic carbocycles. The van der Waals surface area contributed by atoms with Crippen molar-refractivity contribution in [1.29, 1.82) is 0 Å². The Morgan fingerprint density at radius 2 is 2.23 bits per heavy atom. The molecule has 0 radical (unpaired) electrons. The second-order valence-electron chi connectivity index (χ2n) is 2.21. The van der Waals surface area contributed by atoms with Crippen LogP contribution in [0.15, 0.2) is 0 Å². The monoisotopic (exact) mass is 210 g/mol. The van der Waals surface area contributed by atoms with Crippen LogP contribution in [0.5, 0.6) is 0 Å². The van der Waals surface area contributed by atoms with Crippen LogP contribution < -0.4 is 5.73 Å². The lowest BCUT2D eigenvalue weighted by Gasteiger charge is -2.24. The van der Waals surface area contributed by atoms with E-state index in [1.807, 2.05) is 0 Å². The zero-order valence-electron chi connectivity index (χ0n) is 7.60. The van der Waals surface area contributed by atoms with Gasteiger partial charge in [-0.3, -0.25) is 4.55 Å². The molecule has 0 aromatic carbocycles. The van der Waals surface area contributed by atoms with E-state index in [2.05, 4.69) is 0 Å². The Bertz CT molecular complexity index is 185. The second kappa shape index (κ2) is 5.90. The summed E-state index contributed by atoms with van der Waals surface area (Å²) in [4.78, 5) is 10.7. The van der Waals surface area contributed by atoms with Crippen LogP contribution in [-0.2, 0) is 16.0 Å². The Labute approximate surface area is 79.5 Å². The molecule has 0 saturated heterocycles. The van der Waals surface area contributed by atoms with Crippen LogP contribution in [0.2, 0.25) is 0 Å². The van der Waals surface area contributed by atoms with Gasteiger partial charge in [-0.2, -0.15) is 4.31 Å². The second-order valence-corrected chi connectivity index (χ2v) is 3.07. The number of ether oxygens (including phenoxy) is 1. The molecule has 13 heavy (non-hydrogen) atoms. The first-order chi connectivity index (χ1) is 6.04. The van der Waals surface area contributed by atoms with Crippen LogP contribution in [-0.4, -0.2) is 31.9 Å². The van der Waals surface area contributed by atoms with E-state index >= 15 is 0 Å². The molecule has 0 saturated carbocycles. The quantitative estimate of drug-likeness (QED) is 0.503. The van der Waals surface area contributed by atoms with Gasteiger partial charge >= 0.3 is 6.03 Å². The van der Waals surface area contributed by atoms with E-state index in [0.717, 1.165) is 0 Å². The summed E-state index contributed by atoms with van der Waals surface area (Å²) in [7, 11) is 0. The molecule has 0 spiro atoms. The van der Waals surface area contributed by atoms with E-state index in [-0.39, 0.29) is 0 Å². The van der Waals surface area contributed by atoms with E-state index in [1.54, 1.807) is 13.8 Å². The van der Waals surface area contributed by atoms with Gasteiger partial charge in [0.25, 0.3) is 11.3 Å². The van der Waals surface area contributed by atoms with Crippen LogP contribution in [0.1, 0.15) is 20.3 Å². The molecule has 2 atom stereocenters. The average Bonchev–Trinajstić information content (AvgIpc) is 2.02. The highest BCUT2D eigenvalue weighted by Crippen LogP contribution is 2.07. The molecule has 3 N–H and O–H groups in total. The summed E-state index contributed by atoms with van der Waals surface area (Å²) in [6.07, 6.45) is -0.336. The molecule has 2 unspecified atom stereocenters. The largest absolute Gasteiger partial charge is 0.357 e. The van der Waals surface area contributed by atoms with Gasteiger partial charge in [-0.1, -0.05) is 6.92 Å². The summed E-state index contributed by atoms with van der Waals surface area (Å²) in [6.45, 7) is 3.80. The Balaban J connectivity index is 4.48. The summed E-state index contributed by atoms with van der Waals surface area (Å²) in [5, 5.41) is 0. The summed E-state index contributed by atoms with van der Waals surface area (Å²) in [5.41, 5.74) is 4.90. The number of carbonyl (C=O) groups excluding carboxylic acids is 1. The Morgan fingerprint density at radius 3 is 2.46 bits per heavy atom. The number of hydrogen-bond acceptors (Lipinski definition) is 3. The fourth-order valence-electron chi connectivity index (χ4n) is 0.863. The number of nitrogens with zero attached hydrogens (tertiary/aromatic N) is 1. The zero-order valence-corrected chi connectivity index (χ0v) is 8.41. The molecule has 0 aliphatic rings. The Morgan fingerprint density at radius 1 is 1.69 bits per heavy atom. The molecular formula is C6H14N2O4S. The van der Waals surface area contributed by atoms with Gasteiger partial charge in [0, 0.05) is 6.61 Å². The standard InChI is InChI=1S/C6H14N2O4S/c1-3-5(12-4-2)8(6(7)9)13(10)11/h5H,3-4H2,1-2H3,(H2,7,9)(H,10,11). The van der Waals surface area contributed by atoms with Gasteiger partial charge in [-0.25, -0.2) is 9.00 Å². The normalized spacial score (nSPS) is 15.0. The van der Waals surface area contributed by atoms with Gasteiger partial charge in [0.15, 0.2) is 0 Å². The maximum absolute atomic E-state index is 10.7. The topological polar surface area (TPSA) is 92.9 Å². The predicted octanol–water partition coefficient (Wildman–Crippen LogP) is 0.276. The number of rotatable bonds is 5. The van der Waals surface area contributed by atoms with Crippen molar-refractivity contribution in [2.45, 2.75) is 26.5 Å². The number of nitrogens with two attached hydrogens (primary N) is 1. The van der Waals surface area contributed by atoms with Crippen molar-refractivity contribution in [3.8, 4) is 0 Å². The summed E-state index contributed by atoms with van der Waals surface area (Å²) in [5.74, 6) is 0. The van der Waals surface area contributed by atoms with Crippen LogP contribution in [0.25, 0.3) is 0 Å². The highest BCUT2D eigenvalue weighted by Gasteiger charge is 2.25. The van der Waals surface area contributed by atoms with Gasteiger partial charge < -0.3 is 10.5 Å². The number of primary amides is 1. The minimum absolute atomic E-state index is 0.347. The van der Waals surface area contributed by atoms with Gasteiger partial charge in [-0.05, 0) is 13.3 Å². The van der Waals surface area contributed by atoms with Crippen molar-refractivity contribution in [2.24, 2.45) is 5.73 Å². The van der Waals surface area contributed by atoms with Crippen molar-refractivity contribution in [1.82, 2.24) is 4.31 Å². The maximum atomic E-state index is 10.7. The van der Waals surface area contributed by atoms with Gasteiger partial charge in [0.1, 0.15) is 6.23 Å². The third-order valence-corrected chi connectivity index (χ3v) is 2.11. The molecule has 7 heteroatoms. The summed E-state index contributed by atoms with van der Waals surface area (Å²) >= 11 is -2.43. The van der Waals surface area contributed by atoms with Crippen molar-refractivity contribution in [2.75, 3.05) is 6.61 Å². The first-order valence-electron chi connectivity index (χ1n) is 3.85. The molecule has 0 fully saturated rings. The molecule has 0 aromatic heterocycles. The number of amides is 2. The first-order valence-corrected chi connectivity index (χ1v) is 4.92. The third-order valence-electron chi connectivity index (χ3n) is 1.36. The number of urea groups is 1. The average molecular weight is 210 g/mol. The lowest BCUT2D eigenvalue weighted by molar-refractivity contribution is 0.00158. The molecule has 0 aromatic rings. The fourth-order valence-corrected chi connectivity index (χ4v) is 1.43. The van der Waals surface area contributed by atoms with E-state index in [0.29, 0.717) is 17.3 Å². The summed E-state index contributed by atoms with van der Waals surface area (Å²) in [6, 6.07) is -0.971. The number of carbonyl (C=O) groups is 1. The van der Waals surface area contributed by atoms with Gasteiger partial charge in [0.05, 0.1) is 0 Å². The van der Waals surface area contributed by atoms with Crippen LogP contribution >= 0.6 is 0 Å². The van der Waals surface area contributed by atoms with Crippen LogP contribution in [0.4, 0.5) is 4.79 Å². The predicted molar refractivity (Wildman–Crippen MR) is 47.9 cm³/mol. The molecular weight excluding hydrogens is 196 g/mol. The Hall–Kier alpha value is -0.660. The molecule has 0 aliphatic heterocycles. The molecule has 2 amide bonds. The van der Waals surface area contributed by atoms with Crippen molar-refractivity contribution in [3.63, 3.8) is 0 Å². The highest BCUT2D eigenvalue weighted by atomic mass is 32.2. The minimum atomic E-state index is -2.43. The van der Waals surface area contributed by atoms with Gasteiger partial charge in [-0.15, -0.1) is 0 Å². The van der Waals surface area contributed by atoms with Crippen molar-refractivity contribution in [3.05, 3.63) is 0 Å². The minimum Gasteiger partial charge on any atom is -0.357 e. The SMILES string of the molecule is CCOC(CC)N(C(N)=O)S(=O)O. The fraction of sp³-hybridized carbons (Fsp3) is 0.833. The van der Waals surface area contributed by atoms with Crippen LogP contribution in [0, 0.1) is 0 Å². The lowest BCUT2D eigenvalue weighted by atomic mass is 10.4. The third kappa shape index (κ3) is 3.71. The first kappa shape index (κ1) is 12.3. The van der Waals surface area contributed by atoms with E-state index in [4.69, 9.17) is 15.0 Å². The van der Waals surface area contributed by atoms with Crippen molar-refractivity contribution >= 4 is 17.3 Å². The van der Waals surface area contributed by atoms with Crippen LogP contribution in [0.3, 0.4) is 0 Å². The molecule has 0 heterocycles. The zero-order chi connectivity index (χ0) is 10.4. The number of hydrogen-bond donors (Lipinski definition) is 2. The molecule has 78 valence electrons. The van der Waals surface area contributed by atoms with Gasteiger partial charge in [0.2, 0.25) is 0 Å². The maximum Gasteiger partial charge on any atom is 0.330 e. The lowest BCUT2D eigenvalue weighted by Crippen LogP contribution is -2.45. The molecule has 0 rings (SSSR count). The smallest absolute Gasteiger partial charge is 0.330 e. The van der Waals surface area contributed by atoms with E-state index < -0.39 is 23.5 Å². The van der Waals surface area contributed by atoms with Crippen molar-refractivity contribution < 1.29 is 18.3 Å². The molecule has 0 bridgehead atoms.